The molecule has 0 bridgehead atoms. The number of benzene rings is 1. The zero-order valence-electron chi connectivity index (χ0n) is 9.75. The number of hydrazone groups is 1. The van der Waals surface area contributed by atoms with Crippen LogP contribution >= 0.6 is 11.8 Å². The Kier molecular flexibility index (Phi) is 3.58. The lowest BCUT2D eigenvalue weighted by molar-refractivity contribution is -0.124. The molecular formula is C12H13N3OS. The van der Waals surface area contributed by atoms with Gasteiger partial charge in [-0.05, 0) is 26.0 Å². The summed E-state index contributed by atoms with van der Waals surface area (Å²) >= 11 is 1.41. The Labute approximate surface area is 104 Å². The van der Waals surface area contributed by atoms with Crippen molar-refractivity contribution < 1.29 is 4.79 Å². The van der Waals surface area contributed by atoms with E-state index in [4.69, 9.17) is 0 Å². The van der Waals surface area contributed by atoms with Crippen LogP contribution < -0.4 is 0 Å². The lowest BCUT2D eigenvalue weighted by Gasteiger charge is -2.09. The van der Waals surface area contributed by atoms with E-state index in [1.807, 2.05) is 44.2 Å². The Balaban J connectivity index is 2.29. The van der Waals surface area contributed by atoms with Crippen LogP contribution in [-0.4, -0.2) is 27.5 Å². The molecule has 1 aromatic carbocycles. The second-order valence-electron chi connectivity index (χ2n) is 3.77. The molecule has 1 saturated heterocycles. The smallest absolute Gasteiger partial charge is 0.259 e. The maximum absolute atomic E-state index is 11.6. The van der Waals surface area contributed by atoms with Crippen LogP contribution in [0.15, 0.2) is 40.4 Å². The molecule has 0 aromatic heterocycles. The van der Waals surface area contributed by atoms with Crippen molar-refractivity contribution >= 4 is 34.2 Å². The molecule has 17 heavy (non-hydrogen) atoms. The van der Waals surface area contributed by atoms with Crippen molar-refractivity contribution in [2.45, 2.75) is 13.8 Å². The lowest BCUT2D eigenvalue weighted by atomic mass is 10.3. The molecule has 4 nitrogen and oxygen atoms in total. The van der Waals surface area contributed by atoms with Gasteiger partial charge in [-0.15, -0.1) is 0 Å². The zero-order chi connectivity index (χ0) is 12.3. The summed E-state index contributed by atoms with van der Waals surface area (Å²) in [5, 5.41) is 6.21. The van der Waals surface area contributed by atoms with Crippen LogP contribution in [0.3, 0.4) is 0 Å². The number of hydrogen-bond donors (Lipinski definition) is 0. The number of nitrogens with zero attached hydrogens (tertiary/aromatic N) is 3. The van der Waals surface area contributed by atoms with Crippen LogP contribution in [-0.2, 0) is 4.79 Å². The van der Waals surface area contributed by atoms with E-state index in [9.17, 15) is 4.79 Å². The van der Waals surface area contributed by atoms with Crippen LogP contribution in [0.2, 0.25) is 0 Å². The minimum Gasteiger partial charge on any atom is -0.271 e. The molecular weight excluding hydrogens is 234 g/mol. The number of carbonyl (C=O) groups excluding carboxylic acids is 1. The molecule has 1 heterocycles. The number of aliphatic imine (C=N–C) groups is 1. The Morgan fingerprint density at radius 3 is 2.65 bits per heavy atom. The van der Waals surface area contributed by atoms with Gasteiger partial charge in [-0.2, -0.15) is 10.1 Å². The molecule has 0 N–H and O–H groups in total. The molecule has 1 aliphatic heterocycles. The summed E-state index contributed by atoms with van der Waals surface area (Å²) in [6.45, 7) is 3.72. The third-order valence-electron chi connectivity index (χ3n) is 2.02. The molecule has 1 fully saturated rings. The molecule has 2 rings (SSSR count). The van der Waals surface area contributed by atoms with Crippen LogP contribution in [0.4, 0.5) is 5.69 Å². The van der Waals surface area contributed by atoms with E-state index in [0.29, 0.717) is 10.9 Å². The standard InChI is InChI=1S/C12H13N3OS/c1-9(2)14-15-11(16)8-17-12(15)13-10-6-4-3-5-7-10/h3-7H,8H2,1-2H3. The Morgan fingerprint density at radius 2 is 2.00 bits per heavy atom. The van der Waals surface area contributed by atoms with E-state index in [1.54, 1.807) is 0 Å². The molecule has 0 radical (unpaired) electrons. The van der Waals surface area contributed by atoms with E-state index >= 15 is 0 Å². The second-order valence-corrected chi connectivity index (χ2v) is 4.71. The van der Waals surface area contributed by atoms with Crippen molar-refractivity contribution in [3.05, 3.63) is 30.3 Å². The summed E-state index contributed by atoms with van der Waals surface area (Å²) in [5.41, 5.74) is 1.67. The fraction of sp³-hybridized carbons (Fsp3) is 0.250. The van der Waals surface area contributed by atoms with Crippen LogP contribution in [0.5, 0.6) is 0 Å². The molecule has 5 heteroatoms. The largest absolute Gasteiger partial charge is 0.271 e. The van der Waals surface area contributed by atoms with Crippen LogP contribution in [0.25, 0.3) is 0 Å². The van der Waals surface area contributed by atoms with E-state index < -0.39 is 0 Å². The van der Waals surface area contributed by atoms with Gasteiger partial charge in [0.1, 0.15) is 0 Å². The predicted octanol–water partition coefficient (Wildman–Crippen LogP) is 2.65. The molecule has 0 saturated carbocycles. The first kappa shape index (κ1) is 11.9. The molecule has 0 spiro atoms. The van der Waals surface area contributed by atoms with Crippen molar-refractivity contribution in [1.82, 2.24) is 5.01 Å². The molecule has 1 amide bonds. The zero-order valence-corrected chi connectivity index (χ0v) is 10.6. The van der Waals surface area contributed by atoms with E-state index in [1.165, 1.54) is 16.8 Å². The SMILES string of the molecule is CC(C)=NN1C(=O)CSC1=Nc1ccccc1. The van der Waals surface area contributed by atoms with Gasteiger partial charge in [0.25, 0.3) is 5.91 Å². The highest BCUT2D eigenvalue weighted by Gasteiger charge is 2.28. The minimum atomic E-state index is -0.0223. The molecule has 0 unspecified atom stereocenters. The van der Waals surface area contributed by atoms with Gasteiger partial charge < -0.3 is 0 Å². The molecule has 1 aromatic rings. The Bertz CT molecular complexity index is 478. The molecule has 88 valence electrons. The van der Waals surface area contributed by atoms with Crippen molar-refractivity contribution in [2.24, 2.45) is 10.1 Å². The monoisotopic (exact) mass is 247 g/mol. The maximum Gasteiger partial charge on any atom is 0.259 e. The number of amides is 1. The summed E-state index contributed by atoms with van der Waals surface area (Å²) in [6.07, 6.45) is 0. The van der Waals surface area contributed by atoms with Crippen LogP contribution in [0, 0.1) is 0 Å². The first-order valence-corrected chi connectivity index (χ1v) is 6.26. The topological polar surface area (TPSA) is 45.0 Å². The summed E-state index contributed by atoms with van der Waals surface area (Å²) in [5.74, 6) is 0.383. The van der Waals surface area contributed by atoms with Gasteiger partial charge in [-0.3, -0.25) is 4.79 Å². The van der Waals surface area contributed by atoms with Gasteiger partial charge in [-0.1, -0.05) is 30.0 Å². The number of rotatable bonds is 2. The minimum absolute atomic E-state index is 0.0223. The summed E-state index contributed by atoms with van der Waals surface area (Å²) < 4.78 is 0. The fourth-order valence-electron chi connectivity index (χ4n) is 1.35. The summed E-state index contributed by atoms with van der Waals surface area (Å²) in [6, 6.07) is 9.57. The van der Waals surface area contributed by atoms with Crippen molar-refractivity contribution in [3.8, 4) is 0 Å². The van der Waals surface area contributed by atoms with E-state index in [-0.39, 0.29) is 5.91 Å². The average molecular weight is 247 g/mol. The van der Waals surface area contributed by atoms with Gasteiger partial charge in [0, 0.05) is 5.71 Å². The van der Waals surface area contributed by atoms with Crippen molar-refractivity contribution in [1.29, 1.82) is 0 Å². The lowest BCUT2D eigenvalue weighted by Crippen LogP contribution is -2.24. The highest BCUT2D eigenvalue weighted by atomic mass is 32.2. The summed E-state index contributed by atoms with van der Waals surface area (Å²) in [4.78, 5) is 16.0. The average Bonchev–Trinajstić information content (AvgIpc) is 2.62. The molecule has 0 atom stereocenters. The summed E-state index contributed by atoms with van der Waals surface area (Å²) in [7, 11) is 0. The van der Waals surface area contributed by atoms with Gasteiger partial charge in [0.15, 0.2) is 5.17 Å². The third-order valence-corrected chi connectivity index (χ3v) is 2.94. The third kappa shape index (κ3) is 2.94. The first-order chi connectivity index (χ1) is 8.16. The van der Waals surface area contributed by atoms with Crippen molar-refractivity contribution in [2.75, 3.05) is 5.75 Å². The van der Waals surface area contributed by atoms with Gasteiger partial charge >= 0.3 is 0 Å². The number of hydrogen-bond acceptors (Lipinski definition) is 4. The molecule has 0 aliphatic carbocycles. The maximum atomic E-state index is 11.6. The number of thioether (sulfide) groups is 1. The van der Waals surface area contributed by atoms with Gasteiger partial charge in [0.05, 0.1) is 11.4 Å². The number of carbonyl (C=O) groups is 1. The first-order valence-electron chi connectivity index (χ1n) is 5.28. The van der Waals surface area contributed by atoms with Gasteiger partial charge in [-0.25, -0.2) is 4.99 Å². The Morgan fingerprint density at radius 1 is 1.29 bits per heavy atom. The molecule has 1 aliphatic rings. The predicted molar refractivity (Wildman–Crippen MR) is 71.6 cm³/mol. The number of para-hydroxylation sites is 1. The number of amidine groups is 1. The quantitative estimate of drug-likeness (QED) is 0.754. The highest BCUT2D eigenvalue weighted by Crippen LogP contribution is 2.23. The van der Waals surface area contributed by atoms with Gasteiger partial charge in [0.2, 0.25) is 0 Å². The van der Waals surface area contributed by atoms with Crippen molar-refractivity contribution in [3.63, 3.8) is 0 Å². The fourth-order valence-corrected chi connectivity index (χ4v) is 2.16. The normalized spacial score (nSPS) is 17.6. The second kappa shape index (κ2) is 5.14. The Hall–Kier alpha value is -1.62. The van der Waals surface area contributed by atoms with E-state index in [0.717, 1.165) is 11.4 Å². The highest BCUT2D eigenvalue weighted by molar-refractivity contribution is 8.15. The van der Waals surface area contributed by atoms with E-state index in [2.05, 4.69) is 10.1 Å². The van der Waals surface area contributed by atoms with Crippen LogP contribution in [0.1, 0.15) is 13.8 Å².